The maximum absolute atomic E-state index is 11.7. The quantitative estimate of drug-likeness (QED) is 0.864. The fourth-order valence-electron chi connectivity index (χ4n) is 4.72. The zero-order chi connectivity index (χ0) is 15.2. The second-order valence-corrected chi connectivity index (χ2v) is 7.54. The summed E-state index contributed by atoms with van der Waals surface area (Å²) in [7, 11) is 5.94. The van der Waals surface area contributed by atoms with Crippen LogP contribution in [0.3, 0.4) is 0 Å². The topological polar surface area (TPSA) is 32.7 Å². The Morgan fingerprint density at radius 3 is 2.81 bits per heavy atom. The van der Waals surface area contributed by atoms with E-state index in [9.17, 15) is 5.11 Å². The number of hydrogen-bond acceptors (Lipinski definition) is 3. The Balaban J connectivity index is 1.91. The van der Waals surface area contributed by atoms with Crippen LogP contribution in [-0.2, 0) is 4.74 Å². The van der Waals surface area contributed by atoms with E-state index in [-0.39, 0.29) is 5.92 Å². The van der Waals surface area contributed by atoms with Crippen LogP contribution >= 0.6 is 0 Å². The Bertz CT molecular complexity index is 456. The molecule has 0 spiro atoms. The zero-order valence-electron chi connectivity index (χ0n) is 13.7. The summed E-state index contributed by atoms with van der Waals surface area (Å²) in [5.41, 5.74) is -0.568. The van der Waals surface area contributed by atoms with Crippen molar-refractivity contribution in [2.24, 2.45) is 29.6 Å². The molecule has 3 aliphatic carbocycles. The number of rotatable bonds is 4. The van der Waals surface area contributed by atoms with Crippen LogP contribution in [-0.4, -0.2) is 43.4 Å². The molecule has 6 atom stereocenters. The number of aliphatic hydroxyl groups is 1. The van der Waals surface area contributed by atoms with Crippen molar-refractivity contribution in [2.75, 3.05) is 27.7 Å². The molecule has 2 unspecified atom stereocenters. The number of hydrogen-bond donors (Lipinski definition) is 1. The molecule has 0 amide bonds. The van der Waals surface area contributed by atoms with Crippen molar-refractivity contribution in [3.05, 3.63) is 24.0 Å². The van der Waals surface area contributed by atoms with Crippen LogP contribution in [0.15, 0.2) is 24.0 Å². The van der Waals surface area contributed by atoms with Gasteiger partial charge in [0, 0.05) is 18.4 Å². The summed E-state index contributed by atoms with van der Waals surface area (Å²) in [6.07, 6.45) is 10.1. The lowest BCUT2D eigenvalue weighted by Crippen LogP contribution is -2.54. The molecule has 3 aliphatic rings. The van der Waals surface area contributed by atoms with Crippen LogP contribution in [0.2, 0.25) is 0 Å². The molecule has 3 nitrogen and oxygen atoms in total. The Hall–Kier alpha value is -0.800. The second-order valence-electron chi connectivity index (χ2n) is 7.54. The molecule has 1 N–H and O–H groups in total. The van der Waals surface area contributed by atoms with E-state index in [0.717, 1.165) is 24.6 Å². The molecular formula is C18H29NO2. The van der Waals surface area contributed by atoms with Gasteiger partial charge < -0.3 is 14.7 Å². The zero-order valence-corrected chi connectivity index (χ0v) is 13.7. The van der Waals surface area contributed by atoms with Gasteiger partial charge in [-0.2, -0.15) is 0 Å². The summed E-state index contributed by atoms with van der Waals surface area (Å²) in [5, 5.41) is 11.7. The highest BCUT2D eigenvalue weighted by molar-refractivity contribution is 5.26. The lowest BCUT2D eigenvalue weighted by atomic mass is 9.63. The van der Waals surface area contributed by atoms with E-state index in [4.69, 9.17) is 4.74 Å². The van der Waals surface area contributed by atoms with Crippen molar-refractivity contribution in [1.82, 2.24) is 4.90 Å². The molecule has 21 heavy (non-hydrogen) atoms. The van der Waals surface area contributed by atoms with Crippen LogP contribution in [0.4, 0.5) is 0 Å². The molecule has 118 valence electrons. The van der Waals surface area contributed by atoms with E-state index < -0.39 is 5.60 Å². The summed E-state index contributed by atoms with van der Waals surface area (Å²) in [6.45, 7) is 3.20. The van der Waals surface area contributed by atoms with Gasteiger partial charge in [0.1, 0.15) is 5.76 Å². The SMILES string of the molecule is COC1=CC([C@]2(O)[C@@H](CN(C)C)CC[C@@H]3C[C@@H]32)C(C)C=C1. The molecule has 0 aromatic rings. The molecule has 0 bridgehead atoms. The molecule has 3 rings (SSSR count). The Labute approximate surface area is 128 Å². The fraction of sp³-hybridized carbons (Fsp3) is 0.778. The molecule has 0 aliphatic heterocycles. The van der Waals surface area contributed by atoms with E-state index in [1.54, 1.807) is 7.11 Å². The highest BCUT2D eigenvalue weighted by Crippen LogP contribution is 2.61. The minimum atomic E-state index is -0.568. The van der Waals surface area contributed by atoms with Crippen LogP contribution in [0, 0.1) is 29.6 Å². The van der Waals surface area contributed by atoms with Crippen molar-refractivity contribution in [3.63, 3.8) is 0 Å². The highest BCUT2D eigenvalue weighted by Gasteiger charge is 2.61. The van der Waals surface area contributed by atoms with Gasteiger partial charge >= 0.3 is 0 Å². The molecule has 3 heteroatoms. The number of fused-ring (bicyclic) bond motifs is 1. The maximum Gasteiger partial charge on any atom is 0.114 e. The largest absolute Gasteiger partial charge is 0.497 e. The van der Waals surface area contributed by atoms with E-state index in [0.29, 0.717) is 17.8 Å². The summed E-state index contributed by atoms with van der Waals surface area (Å²) >= 11 is 0. The van der Waals surface area contributed by atoms with Gasteiger partial charge in [0.05, 0.1) is 12.7 Å². The molecule has 0 heterocycles. The maximum atomic E-state index is 11.7. The second kappa shape index (κ2) is 5.44. The van der Waals surface area contributed by atoms with Gasteiger partial charge in [-0.15, -0.1) is 0 Å². The predicted octanol–water partition coefficient (Wildman–Crippen LogP) is 2.68. The number of methoxy groups -OCH3 is 1. The van der Waals surface area contributed by atoms with Crippen LogP contribution in [0.1, 0.15) is 26.2 Å². The highest BCUT2D eigenvalue weighted by atomic mass is 16.5. The summed E-state index contributed by atoms with van der Waals surface area (Å²) < 4.78 is 5.42. The van der Waals surface area contributed by atoms with Crippen LogP contribution < -0.4 is 0 Å². The standard InChI is InChI=1S/C18H29NO2/c1-12-5-8-15(21-4)10-16(12)18(20)14(11-19(2)3)7-6-13-9-17(13)18/h5,8,10,12-14,16-17,20H,6-7,9,11H2,1-4H3/t12?,13-,14-,16?,17+,18-/m1/s1. The Morgan fingerprint density at radius 2 is 2.14 bits per heavy atom. The lowest BCUT2D eigenvalue weighted by molar-refractivity contribution is -0.109. The molecule has 0 aromatic heterocycles. The fourth-order valence-corrected chi connectivity index (χ4v) is 4.72. The monoisotopic (exact) mass is 291 g/mol. The van der Waals surface area contributed by atoms with Gasteiger partial charge in [0.25, 0.3) is 0 Å². The first kappa shape index (κ1) is 15.1. The summed E-state index contributed by atoms with van der Waals surface area (Å²) in [6, 6.07) is 0. The van der Waals surface area contributed by atoms with Crippen molar-refractivity contribution in [1.29, 1.82) is 0 Å². The molecule has 0 aromatic carbocycles. The van der Waals surface area contributed by atoms with E-state index in [1.165, 1.54) is 12.8 Å². The average Bonchev–Trinajstić information content (AvgIpc) is 3.23. The number of ether oxygens (including phenoxy) is 1. The van der Waals surface area contributed by atoms with Crippen LogP contribution in [0.25, 0.3) is 0 Å². The third kappa shape index (κ3) is 2.55. The molecule has 2 saturated carbocycles. The van der Waals surface area contributed by atoms with Crippen molar-refractivity contribution < 1.29 is 9.84 Å². The van der Waals surface area contributed by atoms with Crippen molar-refractivity contribution in [3.8, 4) is 0 Å². The minimum Gasteiger partial charge on any atom is -0.497 e. The van der Waals surface area contributed by atoms with E-state index in [1.807, 2.05) is 6.08 Å². The first-order valence-corrected chi connectivity index (χ1v) is 8.28. The van der Waals surface area contributed by atoms with Gasteiger partial charge in [-0.3, -0.25) is 0 Å². The van der Waals surface area contributed by atoms with E-state index >= 15 is 0 Å². The Kier molecular flexibility index (Phi) is 3.91. The molecule has 0 saturated heterocycles. The van der Waals surface area contributed by atoms with Crippen LogP contribution in [0.5, 0.6) is 0 Å². The summed E-state index contributed by atoms with van der Waals surface area (Å²) in [4.78, 5) is 2.22. The van der Waals surface area contributed by atoms with Crippen molar-refractivity contribution >= 4 is 0 Å². The van der Waals surface area contributed by atoms with Gasteiger partial charge in [0.15, 0.2) is 0 Å². The smallest absolute Gasteiger partial charge is 0.114 e. The lowest BCUT2D eigenvalue weighted by Gasteiger charge is -2.48. The molecule has 0 radical (unpaired) electrons. The third-order valence-electron chi connectivity index (χ3n) is 5.89. The molecule has 2 fully saturated rings. The first-order valence-electron chi connectivity index (χ1n) is 8.28. The number of nitrogens with zero attached hydrogens (tertiary/aromatic N) is 1. The normalized spacial score (nSPS) is 45.2. The minimum absolute atomic E-state index is 0.178. The van der Waals surface area contributed by atoms with E-state index in [2.05, 4.69) is 38.1 Å². The third-order valence-corrected chi connectivity index (χ3v) is 5.89. The van der Waals surface area contributed by atoms with Gasteiger partial charge in [-0.1, -0.05) is 13.0 Å². The Morgan fingerprint density at radius 1 is 1.38 bits per heavy atom. The van der Waals surface area contributed by atoms with Crippen molar-refractivity contribution in [2.45, 2.75) is 31.8 Å². The molecular weight excluding hydrogens is 262 g/mol. The predicted molar refractivity (Wildman–Crippen MR) is 84.7 cm³/mol. The van der Waals surface area contributed by atoms with Gasteiger partial charge in [-0.05, 0) is 63.3 Å². The summed E-state index contributed by atoms with van der Waals surface area (Å²) in [5.74, 6) is 3.06. The van der Waals surface area contributed by atoms with Gasteiger partial charge in [-0.25, -0.2) is 0 Å². The average molecular weight is 291 g/mol. The number of allylic oxidation sites excluding steroid dienone is 2. The first-order chi connectivity index (χ1) is 9.96. The van der Waals surface area contributed by atoms with Gasteiger partial charge in [0.2, 0.25) is 0 Å².